The molecule has 17 heavy (non-hydrogen) atoms. The minimum atomic E-state index is 1.02. The van der Waals surface area contributed by atoms with Gasteiger partial charge in [0.1, 0.15) is 0 Å². The van der Waals surface area contributed by atoms with Gasteiger partial charge in [-0.25, -0.2) is 0 Å². The van der Waals surface area contributed by atoms with Gasteiger partial charge in [-0.05, 0) is 12.1 Å². The van der Waals surface area contributed by atoms with Crippen LogP contribution < -0.4 is 4.90 Å². The van der Waals surface area contributed by atoms with Gasteiger partial charge in [-0.1, -0.05) is 12.1 Å². The fourth-order valence-corrected chi connectivity index (χ4v) is 1.99. The van der Waals surface area contributed by atoms with Gasteiger partial charge >= 0.3 is 0 Å². The van der Waals surface area contributed by atoms with Crippen molar-refractivity contribution in [1.29, 1.82) is 0 Å². The van der Waals surface area contributed by atoms with E-state index < -0.39 is 0 Å². The largest absolute Gasteiger partial charge is 0.378 e. The van der Waals surface area contributed by atoms with Crippen LogP contribution in [-0.4, -0.2) is 26.0 Å². The van der Waals surface area contributed by atoms with Crippen molar-refractivity contribution in [1.82, 2.24) is 0 Å². The molecule has 0 fully saturated rings. The molecule has 0 amide bonds. The third-order valence-electron chi connectivity index (χ3n) is 2.97. The topological polar surface area (TPSA) is 28.0 Å². The normalized spacial score (nSPS) is 16.5. The molecule has 0 unspecified atom stereocenters. The zero-order valence-corrected chi connectivity index (χ0v) is 9.88. The van der Waals surface area contributed by atoms with Gasteiger partial charge in [0.2, 0.25) is 0 Å². The minimum absolute atomic E-state index is 1.02. The molecule has 2 aliphatic heterocycles. The highest BCUT2D eigenvalue weighted by Gasteiger charge is 2.20. The summed E-state index contributed by atoms with van der Waals surface area (Å²) in [5, 5.41) is 0. The monoisotopic (exact) mass is 223 g/mol. The average molecular weight is 223 g/mol. The molecule has 3 nitrogen and oxygen atoms in total. The van der Waals surface area contributed by atoms with Crippen LogP contribution in [0.4, 0.5) is 5.69 Å². The molecule has 3 rings (SSSR count). The molecule has 1 aromatic rings. The van der Waals surface area contributed by atoms with Crippen LogP contribution in [0.15, 0.2) is 57.8 Å². The van der Waals surface area contributed by atoms with Crippen LogP contribution in [0.5, 0.6) is 0 Å². The molecule has 84 valence electrons. The molecule has 0 saturated carbocycles. The van der Waals surface area contributed by atoms with E-state index in [0.717, 1.165) is 22.4 Å². The number of hydrogen-bond acceptors (Lipinski definition) is 3. The van der Waals surface area contributed by atoms with E-state index in [9.17, 15) is 0 Å². The van der Waals surface area contributed by atoms with E-state index in [2.05, 4.69) is 39.2 Å². The molecule has 0 aliphatic carbocycles. The van der Waals surface area contributed by atoms with Crippen LogP contribution in [0, 0.1) is 0 Å². The molecule has 0 saturated heterocycles. The van der Waals surface area contributed by atoms with Gasteiger partial charge in [0.15, 0.2) is 0 Å². The summed E-state index contributed by atoms with van der Waals surface area (Å²) < 4.78 is 0. The molecule has 0 bridgehead atoms. The van der Waals surface area contributed by atoms with E-state index in [1.807, 2.05) is 32.7 Å². The van der Waals surface area contributed by atoms with E-state index >= 15 is 0 Å². The molecule has 0 spiro atoms. The molecule has 3 heteroatoms. The number of hydrogen-bond donors (Lipinski definition) is 0. The lowest BCUT2D eigenvalue weighted by atomic mass is 10.0. The highest BCUT2D eigenvalue weighted by atomic mass is 15.1. The van der Waals surface area contributed by atoms with Crippen molar-refractivity contribution in [2.45, 2.75) is 0 Å². The van der Waals surface area contributed by atoms with Gasteiger partial charge in [-0.15, -0.1) is 0 Å². The summed E-state index contributed by atoms with van der Waals surface area (Å²) in [6, 6.07) is 8.41. The van der Waals surface area contributed by atoms with E-state index in [1.165, 1.54) is 5.69 Å². The van der Waals surface area contributed by atoms with Crippen molar-refractivity contribution in [3.63, 3.8) is 0 Å². The number of fused-ring (bicyclic) bond motifs is 1. The Labute approximate surface area is 101 Å². The fraction of sp³-hybridized carbons (Fsp3) is 0.143. The van der Waals surface area contributed by atoms with Crippen LogP contribution in [0.3, 0.4) is 0 Å². The van der Waals surface area contributed by atoms with Gasteiger partial charge in [-0.3, -0.25) is 9.98 Å². The quantitative estimate of drug-likeness (QED) is 0.756. The van der Waals surface area contributed by atoms with Crippen LogP contribution in [0.25, 0.3) is 0 Å². The lowest BCUT2D eigenvalue weighted by molar-refractivity contribution is 1.13. The first kappa shape index (κ1) is 10.0. The number of nitrogens with zero attached hydrogens (tertiary/aromatic N) is 3. The minimum Gasteiger partial charge on any atom is -0.378 e. The first-order chi connectivity index (χ1) is 8.25. The lowest BCUT2D eigenvalue weighted by Gasteiger charge is -2.12. The molecule has 0 aromatic heterocycles. The van der Waals surface area contributed by atoms with Gasteiger partial charge in [-0.2, -0.15) is 0 Å². The van der Waals surface area contributed by atoms with Crippen molar-refractivity contribution in [2.24, 2.45) is 9.98 Å². The summed E-state index contributed by atoms with van der Waals surface area (Å²) in [7, 11) is 4.07. The molecular formula is C14H13N3. The standard InChI is InChI=1S/C14H13N3/c1-17(2)12-5-3-10(4-6-12)14-13-9-15-7-11(13)8-16-14/h3-9H,1-2H3. The smallest absolute Gasteiger partial charge is 0.0797 e. The Morgan fingerprint density at radius 2 is 1.76 bits per heavy atom. The molecule has 1 aromatic carbocycles. The van der Waals surface area contributed by atoms with E-state index in [0.29, 0.717) is 0 Å². The first-order valence-electron chi connectivity index (χ1n) is 5.55. The second-order valence-corrected chi connectivity index (χ2v) is 4.32. The Hall–Kier alpha value is -2.16. The van der Waals surface area contributed by atoms with Gasteiger partial charge in [0, 0.05) is 55.1 Å². The Morgan fingerprint density at radius 3 is 2.47 bits per heavy atom. The lowest BCUT2D eigenvalue weighted by Crippen LogP contribution is -2.09. The Bertz CT molecular complexity index is 572. The second-order valence-electron chi connectivity index (χ2n) is 4.32. The Morgan fingerprint density at radius 1 is 1.00 bits per heavy atom. The fourth-order valence-electron chi connectivity index (χ4n) is 1.99. The van der Waals surface area contributed by atoms with Gasteiger partial charge in [0.25, 0.3) is 0 Å². The van der Waals surface area contributed by atoms with Crippen LogP contribution in [-0.2, 0) is 0 Å². The summed E-state index contributed by atoms with van der Waals surface area (Å²) in [5.74, 6) is 0. The zero-order valence-electron chi connectivity index (χ0n) is 9.88. The number of aliphatic imine (C=N–C) groups is 2. The van der Waals surface area contributed by atoms with Crippen molar-refractivity contribution in [3.8, 4) is 0 Å². The maximum Gasteiger partial charge on any atom is 0.0797 e. The number of rotatable bonds is 2. The van der Waals surface area contributed by atoms with Crippen LogP contribution >= 0.6 is 0 Å². The summed E-state index contributed by atoms with van der Waals surface area (Å²) in [6.45, 7) is 0. The molecule has 0 radical (unpaired) electrons. The Balaban J connectivity index is 1.92. The third-order valence-corrected chi connectivity index (χ3v) is 2.97. The zero-order chi connectivity index (χ0) is 11.8. The number of allylic oxidation sites excluding steroid dienone is 2. The van der Waals surface area contributed by atoms with E-state index in [1.54, 1.807) is 0 Å². The number of anilines is 1. The maximum atomic E-state index is 4.45. The summed E-state index contributed by atoms with van der Waals surface area (Å²) >= 11 is 0. The first-order valence-corrected chi connectivity index (χ1v) is 5.55. The molecule has 2 aliphatic rings. The van der Waals surface area contributed by atoms with Crippen molar-refractivity contribution in [2.75, 3.05) is 19.0 Å². The summed E-state index contributed by atoms with van der Waals surface area (Å²) in [6.07, 6.45) is 5.59. The maximum absolute atomic E-state index is 4.45. The second kappa shape index (κ2) is 3.70. The summed E-state index contributed by atoms with van der Waals surface area (Å²) in [4.78, 5) is 10.7. The SMILES string of the molecule is CN(C)c1ccc(C2=NC=C3C=NC=C32)cc1. The predicted octanol–water partition coefficient (Wildman–Crippen LogP) is 2.41. The molecule has 0 atom stereocenters. The number of benzene rings is 1. The van der Waals surface area contributed by atoms with E-state index in [4.69, 9.17) is 0 Å². The van der Waals surface area contributed by atoms with E-state index in [-0.39, 0.29) is 0 Å². The van der Waals surface area contributed by atoms with Gasteiger partial charge < -0.3 is 4.90 Å². The molecule has 0 N–H and O–H groups in total. The highest BCUT2D eigenvalue weighted by molar-refractivity contribution is 6.22. The van der Waals surface area contributed by atoms with Crippen LogP contribution in [0.1, 0.15) is 5.56 Å². The molecular weight excluding hydrogens is 210 g/mol. The molecule has 2 heterocycles. The van der Waals surface area contributed by atoms with Crippen LogP contribution in [0.2, 0.25) is 0 Å². The Kier molecular flexibility index (Phi) is 2.18. The van der Waals surface area contributed by atoms with Crippen molar-refractivity contribution >= 4 is 17.6 Å². The predicted molar refractivity (Wildman–Crippen MR) is 72.0 cm³/mol. The van der Waals surface area contributed by atoms with Crippen molar-refractivity contribution < 1.29 is 0 Å². The average Bonchev–Trinajstić information content (AvgIpc) is 2.90. The highest BCUT2D eigenvalue weighted by Crippen LogP contribution is 2.26. The van der Waals surface area contributed by atoms with Crippen molar-refractivity contribution in [3.05, 3.63) is 53.4 Å². The summed E-state index contributed by atoms with van der Waals surface area (Å²) in [5.41, 5.74) is 5.58. The third kappa shape index (κ3) is 1.60. The van der Waals surface area contributed by atoms with Gasteiger partial charge in [0.05, 0.1) is 5.71 Å².